The number of amides is 1. The number of carbonyl (C=O) groups is 2. The van der Waals surface area contributed by atoms with Gasteiger partial charge in [0.2, 0.25) is 6.41 Å². The summed E-state index contributed by atoms with van der Waals surface area (Å²) in [6.45, 7) is 0.245. The van der Waals surface area contributed by atoms with Gasteiger partial charge in [-0.05, 0) is 12.8 Å². The van der Waals surface area contributed by atoms with Crippen LogP contribution in [0.5, 0.6) is 0 Å². The fourth-order valence-corrected chi connectivity index (χ4v) is 1.57. The second-order valence-corrected chi connectivity index (χ2v) is 3.57. The van der Waals surface area contributed by atoms with E-state index in [-0.39, 0.29) is 19.3 Å². The summed E-state index contributed by atoms with van der Waals surface area (Å²) in [5.41, 5.74) is -1.07. The molecule has 5 nitrogen and oxygen atoms in total. The molecule has 0 aromatic carbocycles. The summed E-state index contributed by atoms with van der Waals surface area (Å²) in [5.74, 6) is -0.960. The van der Waals surface area contributed by atoms with Crippen LogP contribution in [0.1, 0.15) is 12.8 Å². The molecule has 2 fully saturated rings. The maximum Gasteiger partial charge on any atom is 0.334 e. The molecule has 0 bridgehead atoms. The molecule has 5 heteroatoms. The Kier molecular flexibility index (Phi) is 1.76. The Morgan fingerprint density at radius 2 is 2.15 bits per heavy atom. The van der Waals surface area contributed by atoms with E-state index < -0.39 is 11.5 Å². The number of carbonyl (C=O) groups excluding carboxylic acids is 1. The van der Waals surface area contributed by atoms with E-state index in [4.69, 9.17) is 9.84 Å². The second-order valence-electron chi connectivity index (χ2n) is 3.57. The Hall–Kier alpha value is -1.10. The molecule has 2 rings (SSSR count). The normalized spacial score (nSPS) is 24.6. The number of aliphatic carboxylic acids is 1. The van der Waals surface area contributed by atoms with Gasteiger partial charge in [-0.2, -0.15) is 0 Å². The third-order valence-corrected chi connectivity index (χ3v) is 2.63. The number of rotatable bonds is 4. The maximum absolute atomic E-state index is 11.0. The Morgan fingerprint density at radius 1 is 1.54 bits per heavy atom. The lowest BCUT2D eigenvalue weighted by Crippen LogP contribution is -2.67. The third kappa shape index (κ3) is 1.11. The van der Waals surface area contributed by atoms with Crippen LogP contribution in [0.3, 0.4) is 0 Å². The minimum Gasteiger partial charge on any atom is -0.479 e. The van der Waals surface area contributed by atoms with Crippen LogP contribution in [0.25, 0.3) is 0 Å². The van der Waals surface area contributed by atoms with Gasteiger partial charge >= 0.3 is 5.97 Å². The van der Waals surface area contributed by atoms with Crippen molar-refractivity contribution in [3.8, 4) is 0 Å². The Balaban J connectivity index is 2.17. The standard InChI is InChI=1S/C8H11NO4/c10-5-9(6-1-2-6)8(7(11)12)3-13-4-8/h5-6H,1-4H2,(H,11,12). The molecule has 1 saturated carbocycles. The van der Waals surface area contributed by atoms with Gasteiger partial charge < -0.3 is 14.7 Å². The highest BCUT2D eigenvalue weighted by Gasteiger charge is 2.55. The summed E-state index contributed by atoms with van der Waals surface area (Å²) in [6.07, 6.45) is 2.45. The predicted octanol–water partition coefficient (Wildman–Crippen LogP) is -0.539. The molecule has 0 aromatic rings. The van der Waals surface area contributed by atoms with Gasteiger partial charge in [-0.25, -0.2) is 4.79 Å². The summed E-state index contributed by atoms with van der Waals surface area (Å²) in [7, 11) is 0. The van der Waals surface area contributed by atoms with Crippen molar-refractivity contribution in [2.45, 2.75) is 24.4 Å². The summed E-state index contributed by atoms with van der Waals surface area (Å²) in [4.78, 5) is 23.1. The summed E-state index contributed by atoms with van der Waals surface area (Å²) in [5, 5.41) is 8.98. The average Bonchev–Trinajstić information content (AvgIpc) is 2.77. The van der Waals surface area contributed by atoms with Crippen LogP contribution in [-0.2, 0) is 14.3 Å². The fourth-order valence-electron chi connectivity index (χ4n) is 1.57. The zero-order chi connectivity index (χ0) is 9.47. The van der Waals surface area contributed by atoms with Crippen molar-refractivity contribution in [1.29, 1.82) is 0 Å². The summed E-state index contributed by atoms with van der Waals surface area (Å²) < 4.78 is 4.88. The van der Waals surface area contributed by atoms with Gasteiger partial charge in [0.05, 0.1) is 13.2 Å². The summed E-state index contributed by atoms with van der Waals surface area (Å²) in [6, 6.07) is 0.123. The van der Waals surface area contributed by atoms with Crippen LogP contribution >= 0.6 is 0 Å². The highest BCUT2D eigenvalue weighted by atomic mass is 16.5. The van der Waals surface area contributed by atoms with Gasteiger partial charge in [-0.1, -0.05) is 0 Å². The molecule has 0 spiro atoms. The lowest BCUT2D eigenvalue weighted by Gasteiger charge is -2.44. The summed E-state index contributed by atoms with van der Waals surface area (Å²) >= 11 is 0. The molecule has 13 heavy (non-hydrogen) atoms. The number of hydrogen-bond donors (Lipinski definition) is 1. The average molecular weight is 185 g/mol. The van der Waals surface area contributed by atoms with Crippen molar-refractivity contribution in [1.82, 2.24) is 4.90 Å². The molecule has 0 unspecified atom stereocenters. The lowest BCUT2D eigenvalue weighted by atomic mass is 9.95. The van der Waals surface area contributed by atoms with Crippen molar-refractivity contribution in [3.63, 3.8) is 0 Å². The largest absolute Gasteiger partial charge is 0.479 e. The first-order chi connectivity index (χ1) is 6.20. The SMILES string of the molecule is O=CN(C1CC1)C1(C(=O)O)COC1. The van der Waals surface area contributed by atoms with Crippen LogP contribution in [0.15, 0.2) is 0 Å². The molecule has 0 radical (unpaired) electrons. The van der Waals surface area contributed by atoms with Crippen molar-refractivity contribution >= 4 is 12.4 Å². The van der Waals surface area contributed by atoms with Crippen LogP contribution in [-0.4, -0.2) is 47.2 Å². The minimum atomic E-state index is -1.07. The first-order valence-corrected chi connectivity index (χ1v) is 4.25. The first-order valence-electron chi connectivity index (χ1n) is 4.25. The van der Waals surface area contributed by atoms with E-state index in [0.717, 1.165) is 12.8 Å². The molecule has 2 aliphatic rings. The fraction of sp³-hybridized carbons (Fsp3) is 0.750. The Labute approximate surface area is 75.3 Å². The van der Waals surface area contributed by atoms with Crippen LogP contribution in [0, 0.1) is 0 Å². The van der Waals surface area contributed by atoms with Crippen molar-refractivity contribution in [3.05, 3.63) is 0 Å². The highest BCUT2D eigenvalue weighted by molar-refractivity contribution is 5.83. The molecular formula is C8H11NO4. The number of carboxylic acid groups (broad SMARTS) is 1. The van der Waals surface area contributed by atoms with Gasteiger partial charge in [0.15, 0.2) is 5.54 Å². The van der Waals surface area contributed by atoms with E-state index in [0.29, 0.717) is 6.41 Å². The second kappa shape index (κ2) is 2.70. The molecule has 1 heterocycles. The lowest BCUT2D eigenvalue weighted by molar-refractivity contribution is -0.189. The molecule has 72 valence electrons. The Morgan fingerprint density at radius 3 is 2.38 bits per heavy atom. The van der Waals surface area contributed by atoms with Gasteiger partial charge in [-0.15, -0.1) is 0 Å². The molecule has 0 atom stereocenters. The molecular weight excluding hydrogens is 174 g/mol. The van der Waals surface area contributed by atoms with Crippen molar-refractivity contribution < 1.29 is 19.4 Å². The van der Waals surface area contributed by atoms with Crippen LogP contribution in [0.2, 0.25) is 0 Å². The molecule has 1 saturated heterocycles. The van der Waals surface area contributed by atoms with Gasteiger partial charge in [-0.3, -0.25) is 4.79 Å². The molecule has 0 aromatic heterocycles. The topological polar surface area (TPSA) is 66.8 Å². The zero-order valence-corrected chi connectivity index (χ0v) is 7.10. The third-order valence-electron chi connectivity index (χ3n) is 2.63. The van der Waals surface area contributed by atoms with Crippen molar-refractivity contribution in [2.24, 2.45) is 0 Å². The van der Waals surface area contributed by atoms with E-state index >= 15 is 0 Å². The maximum atomic E-state index is 11.0. The van der Waals surface area contributed by atoms with Crippen LogP contribution in [0.4, 0.5) is 0 Å². The van der Waals surface area contributed by atoms with Gasteiger partial charge in [0.25, 0.3) is 0 Å². The number of carboxylic acids is 1. The molecule has 1 N–H and O–H groups in total. The van der Waals surface area contributed by atoms with E-state index in [1.807, 2.05) is 0 Å². The zero-order valence-electron chi connectivity index (χ0n) is 7.10. The quantitative estimate of drug-likeness (QED) is 0.597. The van der Waals surface area contributed by atoms with Gasteiger partial charge in [0, 0.05) is 6.04 Å². The number of nitrogens with zero attached hydrogens (tertiary/aromatic N) is 1. The number of hydrogen-bond acceptors (Lipinski definition) is 3. The van der Waals surface area contributed by atoms with E-state index in [9.17, 15) is 9.59 Å². The highest BCUT2D eigenvalue weighted by Crippen LogP contribution is 2.35. The van der Waals surface area contributed by atoms with E-state index in [1.54, 1.807) is 0 Å². The minimum absolute atomic E-state index is 0.123. The number of ether oxygens (including phenoxy) is 1. The Bertz CT molecular complexity index is 245. The molecule has 1 aliphatic heterocycles. The van der Waals surface area contributed by atoms with Gasteiger partial charge in [0.1, 0.15) is 0 Å². The van der Waals surface area contributed by atoms with Crippen LogP contribution < -0.4 is 0 Å². The molecule has 1 aliphatic carbocycles. The smallest absolute Gasteiger partial charge is 0.334 e. The predicted molar refractivity (Wildman–Crippen MR) is 42.1 cm³/mol. The van der Waals surface area contributed by atoms with E-state index in [2.05, 4.69) is 0 Å². The monoisotopic (exact) mass is 185 g/mol. The first kappa shape index (κ1) is 8.50. The van der Waals surface area contributed by atoms with E-state index in [1.165, 1.54) is 4.90 Å². The van der Waals surface area contributed by atoms with Crippen molar-refractivity contribution in [2.75, 3.05) is 13.2 Å². The molecule has 1 amide bonds.